The van der Waals surface area contributed by atoms with Crippen molar-refractivity contribution in [2.24, 2.45) is 0 Å². The number of halogens is 1. The Bertz CT molecular complexity index is 627. The molecule has 21 heavy (non-hydrogen) atoms. The van der Waals surface area contributed by atoms with Gasteiger partial charge < -0.3 is 10.2 Å². The second-order valence-corrected chi connectivity index (χ2v) is 5.77. The smallest absolute Gasteiger partial charge is 0.133 e. The number of aromatic nitrogens is 1. The molecule has 2 heterocycles. The van der Waals surface area contributed by atoms with Gasteiger partial charge in [0.15, 0.2) is 0 Å². The molecule has 3 rings (SSSR count). The molecule has 1 aliphatic heterocycles. The first-order valence-corrected chi connectivity index (χ1v) is 7.83. The lowest BCUT2D eigenvalue weighted by atomic mass is 10.1. The molecule has 1 aromatic carbocycles. The number of nitrogens with one attached hydrogen (secondary N) is 1. The van der Waals surface area contributed by atoms with Crippen molar-refractivity contribution in [3.8, 4) is 0 Å². The topological polar surface area (TPSA) is 28.2 Å². The highest BCUT2D eigenvalue weighted by molar-refractivity contribution is 6.31. The summed E-state index contributed by atoms with van der Waals surface area (Å²) in [6, 6.07) is 12.6. The molecular weight excluding hydrogens is 282 g/mol. The molecule has 1 N–H and O–H groups in total. The van der Waals surface area contributed by atoms with Crippen molar-refractivity contribution in [1.82, 2.24) is 10.3 Å². The van der Waals surface area contributed by atoms with E-state index in [0.717, 1.165) is 29.5 Å². The summed E-state index contributed by atoms with van der Waals surface area (Å²) in [6.07, 6.45) is 3.55. The highest BCUT2D eigenvalue weighted by Crippen LogP contribution is 2.32. The minimum absolute atomic E-state index is 0.683. The average Bonchev–Trinajstić information content (AvgIpc) is 2.72. The number of anilines is 2. The van der Waals surface area contributed by atoms with Crippen LogP contribution in [0.2, 0.25) is 5.02 Å². The Morgan fingerprint density at radius 1 is 1.19 bits per heavy atom. The maximum absolute atomic E-state index is 6.23. The van der Waals surface area contributed by atoms with Gasteiger partial charge >= 0.3 is 0 Å². The van der Waals surface area contributed by atoms with E-state index in [9.17, 15) is 0 Å². The first-order valence-electron chi connectivity index (χ1n) is 7.45. The largest absolute Gasteiger partial charge is 0.326 e. The zero-order chi connectivity index (χ0) is 14.7. The number of rotatable bonds is 3. The molecule has 0 atom stereocenters. The second-order valence-electron chi connectivity index (χ2n) is 5.37. The van der Waals surface area contributed by atoms with Crippen molar-refractivity contribution in [3.63, 3.8) is 0 Å². The molecule has 0 fully saturated rings. The fourth-order valence-corrected chi connectivity index (χ4v) is 3.02. The van der Waals surface area contributed by atoms with Gasteiger partial charge in [0.25, 0.3) is 0 Å². The van der Waals surface area contributed by atoms with Crippen LogP contribution in [0.4, 0.5) is 11.5 Å². The molecule has 0 amide bonds. The fraction of sp³-hybridized carbons (Fsp3) is 0.353. The normalized spacial score (nSPS) is 14.7. The average molecular weight is 302 g/mol. The van der Waals surface area contributed by atoms with Gasteiger partial charge in [-0.2, -0.15) is 0 Å². The van der Waals surface area contributed by atoms with Gasteiger partial charge in [0.1, 0.15) is 5.82 Å². The Balaban J connectivity index is 2.01. The van der Waals surface area contributed by atoms with E-state index in [1.165, 1.54) is 24.1 Å². The standard InChI is InChI=1S/C17H20ClN3/c1-19-12-15-14(18)9-10-17(20-15)21-11-5-4-7-13-6-2-3-8-16(13)21/h2-3,6,8-10,19H,4-5,7,11-12H2,1H3. The highest BCUT2D eigenvalue weighted by Gasteiger charge is 2.18. The number of nitrogens with zero attached hydrogens (tertiary/aromatic N) is 2. The second kappa shape index (κ2) is 6.46. The number of pyridine rings is 1. The summed E-state index contributed by atoms with van der Waals surface area (Å²) >= 11 is 6.23. The lowest BCUT2D eigenvalue weighted by Gasteiger charge is -2.24. The molecule has 2 aromatic rings. The van der Waals surface area contributed by atoms with Crippen LogP contribution in [-0.2, 0) is 13.0 Å². The summed E-state index contributed by atoms with van der Waals surface area (Å²) in [5, 5.41) is 3.84. The van der Waals surface area contributed by atoms with E-state index in [0.29, 0.717) is 6.54 Å². The molecule has 1 aromatic heterocycles. The predicted molar refractivity (Wildman–Crippen MR) is 88.4 cm³/mol. The van der Waals surface area contributed by atoms with Crippen LogP contribution in [0.5, 0.6) is 0 Å². The van der Waals surface area contributed by atoms with E-state index in [-0.39, 0.29) is 0 Å². The summed E-state index contributed by atoms with van der Waals surface area (Å²) in [5.74, 6) is 0.985. The number of aryl methyl sites for hydroxylation is 1. The molecule has 0 aliphatic carbocycles. The van der Waals surface area contributed by atoms with Crippen LogP contribution in [0.3, 0.4) is 0 Å². The lowest BCUT2D eigenvalue weighted by Crippen LogP contribution is -2.20. The third kappa shape index (κ3) is 3.04. The third-order valence-corrected chi connectivity index (χ3v) is 4.23. The maximum Gasteiger partial charge on any atom is 0.133 e. The highest BCUT2D eigenvalue weighted by atomic mass is 35.5. The van der Waals surface area contributed by atoms with E-state index < -0.39 is 0 Å². The van der Waals surface area contributed by atoms with Crippen LogP contribution in [0, 0.1) is 0 Å². The van der Waals surface area contributed by atoms with Crippen LogP contribution in [0.15, 0.2) is 36.4 Å². The molecule has 0 spiro atoms. The van der Waals surface area contributed by atoms with Crippen molar-refractivity contribution in [2.45, 2.75) is 25.8 Å². The van der Waals surface area contributed by atoms with Gasteiger partial charge in [0, 0.05) is 18.8 Å². The lowest BCUT2D eigenvalue weighted by molar-refractivity contribution is 0.751. The molecule has 0 saturated heterocycles. The van der Waals surface area contributed by atoms with E-state index in [1.54, 1.807) is 0 Å². The Hall–Kier alpha value is -1.58. The predicted octanol–water partition coefficient (Wildman–Crippen LogP) is 3.93. The van der Waals surface area contributed by atoms with Crippen molar-refractivity contribution in [3.05, 3.63) is 52.7 Å². The van der Waals surface area contributed by atoms with Crippen LogP contribution in [0.1, 0.15) is 24.1 Å². The summed E-state index contributed by atoms with van der Waals surface area (Å²) in [5.41, 5.74) is 3.58. The minimum atomic E-state index is 0.683. The van der Waals surface area contributed by atoms with Gasteiger partial charge in [0.05, 0.1) is 10.7 Å². The number of fused-ring (bicyclic) bond motifs is 1. The molecule has 4 heteroatoms. The molecule has 1 aliphatic rings. The molecule has 3 nitrogen and oxygen atoms in total. The zero-order valence-corrected chi connectivity index (χ0v) is 13.0. The van der Waals surface area contributed by atoms with Gasteiger partial charge in [-0.3, -0.25) is 0 Å². The van der Waals surface area contributed by atoms with E-state index >= 15 is 0 Å². The molecule has 110 valence electrons. The van der Waals surface area contributed by atoms with Crippen LogP contribution >= 0.6 is 11.6 Å². The van der Waals surface area contributed by atoms with Crippen molar-refractivity contribution >= 4 is 23.1 Å². The van der Waals surface area contributed by atoms with Crippen LogP contribution in [0.25, 0.3) is 0 Å². The van der Waals surface area contributed by atoms with Gasteiger partial charge in [-0.05, 0) is 50.1 Å². The monoisotopic (exact) mass is 301 g/mol. The summed E-state index contributed by atoms with van der Waals surface area (Å²) in [6.45, 7) is 1.69. The van der Waals surface area contributed by atoms with Gasteiger partial charge in [-0.25, -0.2) is 4.98 Å². The van der Waals surface area contributed by atoms with Gasteiger partial charge in [-0.1, -0.05) is 29.8 Å². The number of benzene rings is 1. The van der Waals surface area contributed by atoms with Crippen molar-refractivity contribution in [1.29, 1.82) is 0 Å². The summed E-state index contributed by atoms with van der Waals surface area (Å²) < 4.78 is 0. The van der Waals surface area contributed by atoms with E-state index in [2.05, 4.69) is 34.5 Å². The van der Waals surface area contributed by atoms with Gasteiger partial charge in [-0.15, -0.1) is 0 Å². The Morgan fingerprint density at radius 3 is 2.90 bits per heavy atom. The van der Waals surface area contributed by atoms with Crippen LogP contribution in [-0.4, -0.2) is 18.6 Å². The summed E-state index contributed by atoms with van der Waals surface area (Å²) in [7, 11) is 1.91. The zero-order valence-electron chi connectivity index (χ0n) is 12.3. The maximum atomic E-state index is 6.23. The quantitative estimate of drug-likeness (QED) is 0.931. The molecule has 0 bridgehead atoms. The Labute approximate surface area is 131 Å². The third-order valence-electron chi connectivity index (χ3n) is 3.88. The Kier molecular flexibility index (Phi) is 4.42. The van der Waals surface area contributed by atoms with E-state index in [1.807, 2.05) is 19.2 Å². The molecular formula is C17H20ClN3. The number of para-hydroxylation sites is 1. The first-order chi connectivity index (χ1) is 10.3. The van der Waals surface area contributed by atoms with Crippen LogP contribution < -0.4 is 10.2 Å². The fourth-order valence-electron chi connectivity index (χ4n) is 2.84. The molecule has 0 saturated carbocycles. The molecule has 0 unspecified atom stereocenters. The Morgan fingerprint density at radius 2 is 2.05 bits per heavy atom. The number of hydrogen-bond donors (Lipinski definition) is 1. The van der Waals surface area contributed by atoms with Gasteiger partial charge in [0.2, 0.25) is 0 Å². The van der Waals surface area contributed by atoms with Crippen molar-refractivity contribution < 1.29 is 0 Å². The number of hydrogen-bond acceptors (Lipinski definition) is 3. The summed E-state index contributed by atoms with van der Waals surface area (Å²) in [4.78, 5) is 7.08. The minimum Gasteiger partial charge on any atom is -0.326 e. The van der Waals surface area contributed by atoms with E-state index in [4.69, 9.17) is 16.6 Å². The SMILES string of the molecule is CNCc1nc(N2CCCCc3ccccc32)ccc1Cl. The van der Waals surface area contributed by atoms with Crippen molar-refractivity contribution in [2.75, 3.05) is 18.5 Å². The molecule has 0 radical (unpaired) electrons. The first kappa shape index (κ1) is 14.4.